The Balaban J connectivity index is 3.00. The van der Waals surface area contributed by atoms with E-state index in [4.69, 9.17) is 16.3 Å². The van der Waals surface area contributed by atoms with E-state index < -0.39 is 4.92 Å². The summed E-state index contributed by atoms with van der Waals surface area (Å²) in [6.45, 7) is 4.02. The lowest BCUT2D eigenvalue weighted by molar-refractivity contribution is -0.385. The van der Waals surface area contributed by atoms with E-state index in [0.717, 1.165) is 18.4 Å². The lowest BCUT2D eigenvalue weighted by atomic mass is 9.94. The van der Waals surface area contributed by atoms with E-state index in [9.17, 15) is 10.1 Å². The van der Waals surface area contributed by atoms with Gasteiger partial charge in [0.2, 0.25) is 0 Å². The van der Waals surface area contributed by atoms with E-state index >= 15 is 0 Å². The molecule has 4 nitrogen and oxygen atoms in total. The van der Waals surface area contributed by atoms with Gasteiger partial charge in [-0.15, -0.1) is 11.6 Å². The highest BCUT2D eigenvalue weighted by Crippen LogP contribution is 2.27. The van der Waals surface area contributed by atoms with Crippen molar-refractivity contribution in [1.29, 1.82) is 0 Å². The maximum absolute atomic E-state index is 10.8. The molecule has 0 radical (unpaired) electrons. The first kappa shape index (κ1) is 14.8. The number of hydrogen-bond donors (Lipinski definition) is 0. The van der Waals surface area contributed by atoms with Crippen molar-refractivity contribution < 1.29 is 9.66 Å². The van der Waals surface area contributed by atoms with Crippen LogP contribution in [-0.2, 0) is 6.42 Å². The molecule has 0 N–H and O–H groups in total. The van der Waals surface area contributed by atoms with Gasteiger partial charge in [0.05, 0.1) is 18.1 Å². The highest BCUT2D eigenvalue weighted by atomic mass is 35.5. The van der Waals surface area contributed by atoms with Crippen LogP contribution in [0.25, 0.3) is 0 Å². The summed E-state index contributed by atoms with van der Waals surface area (Å²) < 4.78 is 5.08. The summed E-state index contributed by atoms with van der Waals surface area (Å²) in [5.41, 5.74) is 0.946. The Bertz CT molecular complexity index is 421. The van der Waals surface area contributed by atoms with Crippen molar-refractivity contribution in [2.45, 2.75) is 32.1 Å². The molecule has 0 aromatic heterocycles. The van der Waals surface area contributed by atoms with Gasteiger partial charge in [-0.1, -0.05) is 13.3 Å². The molecule has 18 heavy (non-hydrogen) atoms. The first-order chi connectivity index (χ1) is 8.47. The van der Waals surface area contributed by atoms with E-state index in [-0.39, 0.29) is 11.1 Å². The largest absolute Gasteiger partial charge is 0.496 e. The molecule has 0 heterocycles. The molecule has 1 aromatic carbocycles. The van der Waals surface area contributed by atoms with Crippen molar-refractivity contribution in [3.63, 3.8) is 0 Å². The molecule has 1 rings (SSSR count). The van der Waals surface area contributed by atoms with E-state index in [1.165, 1.54) is 13.2 Å². The van der Waals surface area contributed by atoms with Crippen molar-refractivity contribution in [1.82, 2.24) is 0 Å². The molecule has 0 fully saturated rings. The Morgan fingerprint density at radius 1 is 1.44 bits per heavy atom. The fourth-order valence-corrected chi connectivity index (χ4v) is 2.19. The van der Waals surface area contributed by atoms with Crippen LogP contribution in [0, 0.1) is 16.0 Å². The zero-order valence-electron chi connectivity index (χ0n) is 10.9. The zero-order chi connectivity index (χ0) is 13.7. The summed E-state index contributed by atoms with van der Waals surface area (Å²) >= 11 is 6.10. The molecule has 100 valence electrons. The molecule has 5 heteroatoms. The molecular weight excluding hydrogens is 254 g/mol. The molecule has 1 aromatic rings. The first-order valence-corrected chi connectivity index (χ1v) is 6.38. The van der Waals surface area contributed by atoms with Crippen LogP contribution in [-0.4, -0.2) is 17.4 Å². The Kier molecular flexibility index (Phi) is 5.41. The highest BCUT2D eigenvalue weighted by molar-refractivity contribution is 6.20. The van der Waals surface area contributed by atoms with Gasteiger partial charge < -0.3 is 4.74 Å². The smallest absolute Gasteiger partial charge is 0.273 e. The van der Waals surface area contributed by atoms with Crippen molar-refractivity contribution in [3.05, 3.63) is 33.9 Å². The van der Waals surface area contributed by atoms with E-state index in [1.54, 1.807) is 6.07 Å². The van der Waals surface area contributed by atoms with Gasteiger partial charge in [-0.3, -0.25) is 10.1 Å². The summed E-state index contributed by atoms with van der Waals surface area (Å²) in [6, 6.07) is 4.84. The van der Waals surface area contributed by atoms with Gasteiger partial charge in [-0.05, 0) is 30.9 Å². The fourth-order valence-electron chi connectivity index (χ4n) is 1.92. The Labute approximate surface area is 112 Å². The number of alkyl halides is 1. The third-order valence-electron chi connectivity index (χ3n) is 3.07. The van der Waals surface area contributed by atoms with Gasteiger partial charge in [0.25, 0.3) is 5.69 Å². The molecule has 0 aliphatic carbocycles. The fraction of sp³-hybridized carbons (Fsp3) is 0.538. The molecule has 0 amide bonds. The average Bonchev–Trinajstić information content (AvgIpc) is 2.34. The topological polar surface area (TPSA) is 52.4 Å². The van der Waals surface area contributed by atoms with Gasteiger partial charge in [0, 0.05) is 11.4 Å². The molecular formula is C13H18ClNO3. The quantitative estimate of drug-likeness (QED) is 0.449. The normalized spacial score (nSPS) is 14.0. The van der Waals surface area contributed by atoms with Crippen molar-refractivity contribution in [2.75, 3.05) is 7.11 Å². The van der Waals surface area contributed by atoms with E-state index in [1.807, 2.05) is 13.0 Å². The van der Waals surface area contributed by atoms with Gasteiger partial charge in [0.15, 0.2) is 0 Å². The number of hydrogen-bond acceptors (Lipinski definition) is 3. The number of nitro benzene ring substituents is 1. The highest BCUT2D eigenvalue weighted by Gasteiger charge is 2.16. The summed E-state index contributed by atoms with van der Waals surface area (Å²) in [7, 11) is 1.50. The van der Waals surface area contributed by atoms with Crippen LogP contribution < -0.4 is 4.74 Å². The molecule has 0 bridgehead atoms. The Morgan fingerprint density at radius 2 is 2.11 bits per heavy atom. The van der Waals surface area contributed by atoms with E-state index in [0.29, 0.717) is 11.7 Å². The summed E-state index contributed by atoms with van der Waals surface area (Å²) in [6.07, 6.45) is 1.66. The Morgan fingerprint density at radius 3 is 2.56 bits per heavy atom. The van der Waals surface area contributed by atoms with Crippen LogP contribution in [0.3, 0.4) is 0 Å². The Hall–Kier alpha value is -1.29. The second kappa shape index (κ2) is 6.59. The standard InChI is InChI=1S/C13H18ClNO3/c1-4-11(9(2)14)5-10-6-12(15(16)17)8-13(7-10)18-3/h6-9,11H,4-5H2,1-3H3. The lowest BCUT2D eigenvalue weighted by Gasteiger charge is -2.17. The second-order valence-electron chi connectivity index (χ2n) is 4.35. The summed E-state index contributed by atoms with van der Waals surface area (Å²) in [4.78, 5) is 10.4. The minimum absolute atomic E-state index is 0.0419. The van der Waals surface area contributed by atoms with Gasteiger partial charge in [0.1, 0.15) is 5.75 Å². The molecule has 2 unspecified atom stereocenters. The van der Waals surface area contributed by atoms with E-state index in [2.05, 4.69) is 6.92 Å². The lowest BCUT2D eigenvalue weighted by Crippen LogP contribution is -2.13. The number of benzene rings is 1. The average molecular weight is 272 g/mol. The SMILES string of the molecule is CCC(Cc1cc(OC)cc([N+](=O)[O-])c1)C(C)Cl. The minimum Gasteiger partial charge on any atom is -0.496 e. The van der Waals surface area contributed by atoms with Crippen LogP contribution in [0.1, 0.15) is 25.8 Å². The van der Waals surface area contributed by atoms with Crippen LogP contribution in [0.4, 0.5) is 5.69 Å². The zero-order valence-corrected chi connectivity index (χ0v) is 11.6. The maximum Gasteiger partial charge on any atom is 0.273 e. The van der Waals surface area contributed by atoms with Gasteiger partial charge in [-0.2, -0.15) is 0 Å². The van der Waals surface area contributed by atoms with Crippen LogP contribution in [0.15, 0.2) is 18.2 Å². The second-order valence-corrected chi connectivity index (χ2v) is 5.03. The number of halogens is 1. The van der Waals surface area contributed by atoms with Crippen molar-refractivity contribution in [3.8, 4) is 5.75 Å². The maximum atomic E-state index is 10.8. The number of rotatable bonds is 6. The molecule has 0 spiro atoms. The predicted octanol–water partition coefficient (Wildman–Crippen LogP) is 3.80. The number of nitrogens with zero attached hydrogens (tertiary/aromatic N) is 1. The minimum atomic E-state index is -0.406. The molecule has 0 aliphatic rings. The summed E-state index contributed by atoms with van der Waals surface area (Å²) in [5.74, 6) is 0.814. The number of ether oxygens (including phenoxy) is 1. The number of non-ortho nitro benzene ring substituents is 1. The van der Waals surface area contributed by atoms with Crippen molar-refractivity contribution in [2.24, 2.45) is 5.92 Å². The molecule has 0 saturated heterocycles. The monoisotopic (exact) mass is 271 g/mol. The predicted molar refractivity (Wildman–Crippen MR) is 72.4 cm³/mol. The molecule has 0 aliphatic heterocycles. The van der Waals surface area contributed by atoms with Crippen LogP contribution >= 0.6 is 11.6 Å². The van der Waals surface area contributed by atoms with Crippen LogP contribution in [0.2, 0.25) is 0 Å². The summed E-state index contributed by atoms with van der Waals surface area (Å²) in [5, 5.41) is 10.9. The molecule has 0 saturated carbocycles. The molecule has 2 atom stereocenters. The van der Waals surface area contributed by atoms with Gasteiger partial charge >= 0.3 is 0 Å². The van der Waals surface area contributed by atoms with Crippen molar-refractivity contribution >= 4 is 17.3 Å². The van der Waals surface area contributed by atoms with Gasteiger partial charge in [-0.25, -0.2) is 0 Å². The third-order valence-corrected chi connectivity index (χ3v) is 3.43. The van der Waals surface area contributed by atoms with Crippen LogP contribution in [0.5, 0.6) is 5.75 Å². The number of methoxy groups -OCH3 is 1. The first-order valence-electron chi connectivity index (χ1n) is 5.94. The number of nitro groups is 1. The third kappa shape index (κ3) is 3.88.